The van der Waals surface area contributed by atoms with E-state index in [2.05, 4.69) is 38.9 Å². The minimum atomic E-state index is 0.574. The van der Waals surface area contributed by atoms with Crippen molar-refractivity contribution in [2.75, 3.05) is 49.7 Å². The van der Waals surface area contributed by atoms with E-state index in [0.29, 0.717) is 6.04 Å². The molecule has 6 heteroatoms. The number of anilines is 2. The summed E-state index contributed by atoms with van der Waals surface area (Å²) in [5, 5.41) is 3.94. The lowest BCUT2D eigenvalue weighted by Crippen LogP contribution is -2.52. The van der Waals surface area contributed by atoms with Crippen molar-refractivity contribution in [1.82, 2.24) is 14.9 Å². The molecule has 1 aliphatic rings. The van der Waals surface area contributed by atoms with Crippen molar-refractivity contribution >= 4 is 23.4 Å². The molecule has 19 heavy (non-hydrogen) atoms. The van der Waals surface area contributed by atoms with Gasteiger partial charge in [0.15, 0.2) is 5.16 Å². The van der Waals surface area contributed by atoms with E-state index in [0.717, 1.165) is 43.0 Å². The zero-order valence-corrected chi connectivity index (χ0v) is 13.0. The van der Waals surface area contributed by atoms with E-state index in [9.17, 15) is 0 Å². The van der Waals surface area contributed by atoms with Crippen LogP contribution in [0, 0.1) is 0 Å². The normalized spacial score (nSPS) is 20.6. The van der Waals surface area contributed by atoms with Crippen molar-refractivity contribution in [3.63, 3.8) is 0 Å². The highest BCUT2D eigenvalue weighted by atomic mass is 32.2. The standard InChI is InChI=1S/C13H23N5S/c1-5-17-6-7-18(9-10(17)2)12-8-11(14-3)15-13(16-12)19-4/h8,10H,5-7,9H2,1-4H3,(H,14,15,16). The van der Waals surface area contributed by atoms with Gasteiger partial charge >= 0.3 is 0 Å². The predicted octanol–water partition coefficient (Wildman–Crippen LogP) is 1.77. The lowest BCUT2D eigenvalue weighted by atomic mass is 10.2. The van der Waals surface area contributed by atoms with Crippen molar-refractivity contribution in [2.45, 2.75) is 25.0 Å². The maximum Gasteiger partial charge on any atom is 0.191 e. The summed E-state index contributed by atoms with van der Waals surface area (Å²) in [6.45, 7) is 8.79. The highest BCUT2D eigenvalue weighted by Crippen LogP contribution is 2.22. The molecule has 1 aliphatic heterocycles. The molecule has 1 N–H and O–H groups in total. The van der Waals surface area contributed by atoms with Crippen LogP contribution >= 0.6 is 11.8 Å². The monoisotopic (exact) mass is 281 g/mol. The molecule has 106 valence electrons. The molecule has 0 radical (unpaired) electrons. The van der Waals surface area contributed by atoms with Crippen LogP contribution < -0.4 is 10.2 Å². The fourth-order valence-electron chi connectivity index (χ4n) is 2.47. The van der Waals surface area contributed by atoms with Crippen molar-refractivity contribution in [1.29, 1.82) is 0 Å². The van der Waals surface area contributed by atoms with Gasteiger partial charge in [-0.05, 0) is 19.7 Å². The van der Waals surface area contributed by atoms with Crippen LogP contribution in [0.1, 0.15) is 13.8 Å². The van der Waals surface area contributed by atoms with Gasteiger partial charge in [-0.2, -0.15) is 0 Å². The van der Waals surface area contributed by atoms with Crippen LogP contribution in [0.4, 0.5) is 11.6 Å². The molecule has 0 bridgehead atoms. The van der Waals surface area contributed by atoms with Crippen LogP contribution in [0.2, 0.25) is 0 Å². The Labute approximate surface area is 119 Å². The molecule has 0 aromatic carbocycles. The van der Waals surface area contributed by atoms with E-state index in [1.54, 1.807) is 11.8 Å². The van der Waals surface area contributed by atoms with Crippen LogP contribution in [0.5, 0.6) is 0 Å². The van der Waals surface area contributed by atoms with E-state index in [-0.39, 0.29) is 0 Å². The fraction of sp³-hybridized carbons (Fsp3) is 0.692. The second kappa shape index (κ2) is 6.43. The largest absolute Gasteiger partial charge is 0.373 e. The van der Waals surface area contributed by atoms with E-state index in [1.807, 2.05) is 19.4 Å². The molecule has 2 heterocycles. The number of thioether (sulfide) groups is 1. The molecule has 5 nitrogen and oxygen atoms in total. The third-order valence-corrected chi connectivity index (χ3v) is 4.17. The number of hydrogen-bond donors (Lipinski definition) is 1. The first-order chi connectivity index (χ1) is 9.17. The van der Waals surface area contributed by atoms with Crippen LogP contribution in [0.15, 0.2) is 11.2 Å². The molecule has 0 spiro atoms. The Balaban J connectivity index is 2.18. The van der Waals surface area contributed by atoms with Gasteiger partial charge in [0.25, 0.3) is 0 Å². The number of nitrogens with zero attached hydrogens (tertiary/aromatic N) is 4. The first-order valence-corrected chi connectivity index (χ1v) is 8.00. The average molecular weight is 281 g/mol. The van der Waals surface area contributed by atoms with Crippen molar-refractivity contribution in [2.24, 2.45) is 0 Å². The number of piperazine rings is 1. The molecule has 2 rings (SSSR count). The van der Waals surface area contributed by atoms with Gasteiger partial charge in [-0.1, -0.05) is 18.7 Å². The quantitative estimate of drug-likeness (QED) is 0.670. The lowest BCUT2D eigenvalue weighted by molar-refractivity contribution is 0.199. The van der Waals surface area contributed by atoms with Gasteiger partial charge in [0.1, 0.15) is 11.6 Å². The minimum absolute atomic E-state index is 0.574. The molecular weight excluding hydrogens is 258 g/mol. The molecule has 0 aliphatic carbocycles. The summed E-state index contributed by atoms with van der Waals surface area (Å²) in [6.07, 6.45) is 2.01. The third kappa shape index (κ3) is 3.30. The first-order valence-electron chi connectivity index (χ1n) is 6.77. The van der Waals surface area contributed by atoms with Gasteiger partial charge in [0, 0.05) is 38.8 Å². The molecule has 1 aromatic heterocycles. The molecule has 1 aromatic rings. The summed E-state index contributed by atoms with van der Waals surface area (Å²) in [7, 11) is 1.90. The first kappa shape index (κ1) is 14.4. The topological polar surface area (TPSA) is 44.3 Å². The van der Waals surface area contributed by atoms with Crippen LogP contribution in [-0.4, -0.2) is 60.4 Å². The third-order valence-electron chi connectivity index (χ3n) is 3.63. The average Bonchev–Trinajstić information content (AvgIpc) is 2.46. The maximum atomic E-state index is 4.63. The summed E-state index contributed by atoms with van der Waals surface area (Å²) in [4.78, 5) is 13.9. The molecule has 0 amide bonds. The molecule has 0 saturated carbocycles. The Morgan fingerprint density at radius 1 is 1.42 bits per heavy atom. The maximum absolute atomic E-state index is 4.63. The fourth-order valence-corrected chi connectivity index (χ4v) is 2.84. The van der Waals surface area contributed by atoms with Gasteiger partial charge in [-0.25, -0.2) is 9.97 Å². The summed E-state index contributed by atoms with van der Waals surface area (Å²) in [5.41, 5.74) is 0. The molecule has 1 atom stereocenters. The second-order valence-electron chi connectivity index (χ2n) is 4.77. The van der Waals surface area contributed by atoms with Crippen LogP contribution in [0.25, 0.3) is 0 Å². The Hall–Kier alpha value is -1.01. The Kier molecular flexibility index (Phi) is 4.87. The molecule has 1 unspecified atom stereocenters. The molecule has 1 fully saturated rings. The van der Waals surface area contributed by atoms with Crippen LogP contribution in [-0.2, 0) is 0 Å². The Bertz CT molecular complexity index is 403. The number of hydrogen-bond acceptors (Lipinski definition) is 6. The number of aromatic nitrogens is 2. The molecule has 1 saturated heterocycles. The van der Waals surface area contributed by atoms with E-state index in [1.165, 1.54) is 0 Å². The number of likely N-dealkylation sites (N-methyl/N-ethyl adjacent to an activating group) is 1. The zero-order chi connectivity index (χ0) is 13.8. The number of nitrogens with one attached hydrogen (secondary N) is 1. The Morgan fingerprint density at radius 2 is 2.21 bits per heavy atom. The van der Waals surface area contributed by atoms with Gasteiger partial charge < -0.3 is 10.2 Å². The van der Waals surface area contributed by atoms with E-state index >= 15 is 0 Å². The second-order valence-corrected chi connectivity index (χ2v) is 5.55. The van der Waals surface area contributed by atoms with Crippen molar-refractivity contribution in [3.05, 3.63) is 6.07 Å². The molecular formula is C13H23N5S. The lowest BCUT2D eigenvalue weighted by Gasteiger charge is -2.40. The zero-order valence-electron chi connectivity index (χ0n) is 12.2. The number of rotatable bonds is 4. The smallest absolute Gasteiger partial charge is 0.191 e. The summed E-state index contributed by atoms with van der Waals surface area (Å²) in [5.74, 6) is 1.92. The van der Waals surface area contributed by atoms with Crippen molar-refractivity contribution < 1.29 is 0 Å². The Morgan fingerprint density at radius 3 is 2.79 bits per heavy atom. The summed E-state index contributed by atoms with van der Waals surface area (Å²) in [6, 6.07) is 2.61. The summed E-state index contributed by atoms with van der Waals surface area (Å²) >= 11 is 1.58. The van der Waals surface area contributed by atoms with Gasteiger partial charge in [-0.3, -0.25) is 4.90 Å². The highest BCUT2D eigenvalue weighted by molar-refractivity contribution is 7.98. The van der Waals surface area contributed by atoms with Gasteiger partial charge in [-0.15, -0.1) is 0 Å². The SMILES string of the molecule is CCN1CCN(c2cc(NC)nc(SC)n2)CC1C. The van der Waals surface area contributed by atoms with E-state index in [4.69, 9.17) is 0 Å². The van der Waals surface area contributed by atoms with Gasteiger partial charge in [0.05, 0.1) is 0 Å². The van der Waals surface area contributed by atoms with E-state index < -0.39 is 0 Å². The summed E-state index contributed by atoms with van der Waals surface area (Å²) < 4.78 is 0. The predicted molar refractivity (Wildman–Crippen MR) is 82.3 cm³/mol. The minimum Gasteiger partial charge on any atom is -0.373 e. The highest BCUT2D eigenvalue weighted by Gasteiger charge is 2.23. The van der Waals surface area contributed by atoms with Gasteiger partial charge in [0.2, 0.25) is 0 Å². The van der Waals surface area contributed by atoms with Crippen LogP contribution in [0.3, 0.4) is 0 Å². The van der Waals surface area contributed by atoms with Crippen molar-refractivity contribution in [3.8, 4) is 0 Å².